The van der Waals surface area contributed by atoms with Crippen molar-refractivity contribution in [3.63, 3.8) is 0 Å². The van der Waals surface area contributed by atoms with Crippen LogP contribution in [-0.4, -0.2) is 16.7 Å². The molecule has 0 aromatic heterocycles. The van der Waals surface area contributed by atoms with E-state index in [1.807, 2.05) is 42.5 Å². The average molecular weight is 415 g/mol. The first-order chi connectivity index (χ1) is 14.0. The number of ether oxygens (including phenoxy) is 2. The fourth-order valence-electron chi connectivity index (χ4n) is 5.00. The molecule has 4 nitrogen and oxygen atoms in total. The Hall–Kier alpha value is -2.04. The molecule has 2 fully saturated rings. The third kappa shape index (κ3) is 4.93. The lowest BCUT2D eigenvalue weighted by molar-refractivity contribution is -0.137. The van der Waals surface area contributed by atoms with E-state index in [4.69, 9.17) is 26.2 Å². The Morgan fingerprint density at radius 2 is 1.79 bits per heavy atom. The van der Waals surface area contributed by atoms with Gasteiger partial charge in [0, 0.05) is 11.4 Å². The van der Waals surface area contributed by atoms with Crippen molar-refractivity contribution in [3.05, 3.63) is 59.1 Å². The average Bonchev–Trinajstić information content (AvgIpc) is 3.25. The molecule has 154 valence electrons. The number of hydrogen-bond acceptors (Lipinski definition) is 3. The monoisotopic (exact) mass is 414 g/mol. The van der Waals surface area contributed by atoms with Crippen molar-refractivity contribution in [3.8, 4) is 11.5 Å². The zero-order valence-corrected chi connectivity index (χ0v) is 17.3. The van der Waals surface area contributed by atoms with Crippen LogP contribution in [0.4, 0.5) is 0 Å². The summed E-state index contributed by atoms with van der Waals surface area (Å²) < 4.78 is 12.4. The van der Waals surface area contributed by atoms with Gasteiger partial charge in [-0.05, 0) is 92.3 Å². The smallest absolute Gasteiger partial charge is 0.303 e. The van der Waals surface area contributed by atoms with Crippen LogP contribution in [0, 0.1) is 5.41 Å². The quantitative estimate of drug-likeness (QED) is 0.501. The van der Waals surface area contributed by atoms with E-state index in [0.29, 0.717) is 17.0 Å². The number of hydrogen-bond donors (Lipinski definition) is 1. The summed E-state index contributed by atoms with van der Waals surface area (Å²) in [4.78, 5) is 10.8. The van der Waals surface area contributed by atoms with E-state index in [0.717, 1.165) is 62.0 Å². The number of carboxylic acid groups (broad SMARTS) is 1. The summed E-state index contributed by atoms with van der Waals surface area (Å²) in [5, 5.41) is 9.59. The SMILES string of the molecule is O=C(O)CCCC12CCC(OCc3cccc(Oc4ccc(Cl)cc4)c3)(CC1)C2. The van der Waals surface area contributed by atoms with E-state index in [-0.39, 0.29) is 12.0 Å². The first-order valence-electron chi connectivity index (χ1n) is 10.3. The highest BCUT2D eigenvalue weighted by Gasteiger charge is 2.54. The number of rotatable bonds is 9. The molecule has 0 heterocycles. The summed E-state index contributed by atoms with van der Waals surface area (Å²) in [6.45, 7) is 0.572. The lowest BCUT2D eigenvalue weighted by atomic mass is 9.80. The van der Waals surface area contributed by atoms with Gasteiger partial charge < -0.3 is 14.6 Å². The van der Waals surface area contributed by atoms with Crippen molar-refractivity contribution in [2.75, 3.05) is 0 Å². The zero-order valence-electron chi connectivity index (χ0n) is 16.5. The minimum atomic E-state index is -0.694. The Morgan fingerprint density at radius 3 is 2.52 bits per heavy atom. The third-order valence-electron chi connectivity index (χ3n) is 6.51. The van der Waals surface area contributed by atoms with Crippen LogP contribution in [0.1, 0.15) is 56.9 Å². The van der Waals surface area contributed by atoms with Crippen LogP contribution >= 0.6 is 11.6 Å². The van der Waals surface area contributed by atoms with Crippen LogP contribution in [0.5, 0.6) is 11.5 Å². The van der Waals surface area contributed by atoms with Crippen molar-refractivity contribution in [2.24, 2.45) is 5.41 Å². The highest BCUT2D eigenvalue weighted by Crippen LogP contribution is 2.60. The van der Waals surface area contributed by atoms with Gasteiger partial charge in [-0.2, -0.15) is 0 Å². The number of carboxylic acids is 1. The van der Waals surface area contributed by atoms with Crippen LogP contribution in [0.25, 0.3) is 0 Å². The van der Waals surface area contributed by atoms with Gasteiger partial charge in [0.2, 0.25) is 0 Å². The highest BCUT2D eigenvalue weighted by atomic mass is 35.5. The van der Waals surface area contributed by atoms with Gasteiger partial charge in [0.15, 0.2) is 0 Å². The van der Waals surface area contributed by atoms with Gasteiger partial charge in [-0.25, -0.2) is 0 Å². The van der Waals surface area contributed by atoms with E-state index in [1.165, 1.54) is 0 Å². The number of benzene rings is 2. The first kappa shape index (κ1) is 20.2. The molecule has 2 aromatic rings. The first-order valence-corrected chi connectivity index (χ1v) is 10.7. The molecular formula is C24H27ClO4. The van der Waals surface area contributed by atoms with Crippen molar-refractivity contribution < 1.29 is 19.4 Å². The summed E-state index contributed by atoms with van der Waals surface area (Å²) in [6.07, 6.45) is 7.61. The van der Waals surface area contributed by atoms with Crippen molar-refractivity contribution in [1.82, 2.24) is 0 Å². The molecule has 5 heteroatoms. The third-order valence-corrected chi connectivity index (χ3v) is 6.76. The standard InChI is InChI=1S/C24H27ClO4/c25-19-6-8-20(9-7-19)29-21-4-1-3-18(15-21)16-28-24-13-11-23(17-24,12-14-24)10-2-5-22(26)27/h1,3-4,6-9,15H,2,5,10-14,16-17H2,(H,26,27). The number of carbonyl (C=O) groups is 1. The fourth-order valence-corrected chi connectivity index (χ4v) is 5.12. The highest BCUT2D eigenvalue weighted by molar-refractivity contribution is 6.30. The Labute approximate surface area is 176 Å². The topological polar surface area (TPSA) is 55.8 Å². The molecule has 0 atom stereocenters. The second-order valence-corrected chi connectivity index (χ2v) is 9.04. The molecule has 0 radical (unpaired) electrons. The molecule has 2 aliphatic carbocycles. The fraction of sp³-hybridized carbons (Fsp3) is 0.458. The maximum atomic E-state index is 10.8. The van der Waals surface area contributed by atoms with Crippen molar-refractivity contribution in [2.45, 2.75) is 63.6 Å². The second-order valence-electron chi connectivity index (χ2n) is 8.60. The van der Waals surface area contributed by atoms with E-state index < -0.39 is 5.97 Å². The van der Waals surface area contributed by atoms with Gasteiger partial charge in [-0.3, -0.25) is 4.79 Å². The zero-order chi connectivity index (χ0) is 20.3. The molecule has 1 N–H and O–H groups in total. The normalized spacial score (nSPS) is 25.3. The molecular weight excluding hydrogens is 388 g/mol. The van der Waals surface area contributed by atoms with Crippen LogP contribution in [0.2, 0.25) is 5.02 Å². The van der Waals surface area contributed by atoms with Gasteiger partial charge >= 0.3 is 5.97 Å². The van der Waals surface area contributed by atoms with E-state index in [9.17, 15) is 4.79 Å². The summed E-state index contributed by atoms with van der Waals surface area (Å²) in [5.74, 6) is 0.844. The van der Waals surface area contributed by atoms with Crippen molar-refractivity contribution in [1.29, 1.82) is 0 Å². The largest absolute Gasteiger partial charge is 0.481 e. The van der Waals surface area contributed by atoms with Gasteiger partial charge in [0.25, 0.3) is 0 Å². The second kappa shape index (κ2) is 8.37. The van der Waals surface area contributed by atoms with Gasteiger partial charge in [0.1, 0.15) is 11.5 Å². The van der Waals surface area contributed by atoms with Crippen molar-refractivity contribution >= 4 is 17.6 Å². The Balaban J connectivity index is 1.33. The van der Waals surface area contributed by atoms with E-state index >= 15 is 0 Å². The summed E-state index contributed by atoms with van der Waals surface area (Å²) in [7, 11) is 0. The molecule has 29 heavy (non-hydrogen) atoms. The number of halogens is 1. The number of fused-ring (bicyclic) bond motifs is 2. The Bertz CT molecular complexity index is 853. The van der Waals surface area contributed by atoms with Gasteiger partial charge in [-0.1, -0.05) is 23.7 Å². The molecule has 0 unspecified atom stereocenters. The summed E-state index contributed by atoms with van der Waals surface area (Å²) in [6, 6.07) is 15.3. The lowest BCUT2D eigenvalue weighted by Crippen LogP contribution is -2.26. The minimum absolute atomic E-state index is 0.0315. The van der Waals surface area contributed by atoms with E-state index in [1.54, 1.807) is 0 Å². The molecule has 4 rings (SSSR count). The van der Waals surface area contributed by atoms with Gasteiger partial charge in [-0.15, -0.1) is 0 Å². The molecule has 0 saturated heterocycles. The van der Waals surface area contributed by atoms with Crippen LogP contribution in [0.15, 0.2) is 48.5 Å². The van der Waals surface area contributed by atoms with E-state index in [2.05, 4.69) is 6.07 Å². The molecule has 2 aliphatic rings. The minimum Gasteiger partial charge on any atom is -0.481 e. The molecule has 0 spiro atoms. The summed E-state index contributed by atoms with van der Waals surface area (Å²) >= 11 is 5.93. The Kier molecular flexibility index (Phi) is 5.84. The summed E-state index contributed by atoms with van der Waals surface area (Å²) in [5.41, 5.74) is 1.37. The maximum Gasteiger partial charge on any atom is 0.303 e. The molecule has 0 amide bonds. The Morgan fingerprint density at radius 1 is 1.03 bits per heavy atom. The van der Waals surface area contributed by atoms with Crippen LogP contribution in [-0.2, 0) is 16.1 Å². The molecule has 2 aromatic carbocycles. The van der Waals surface area contributed by atoms with Crippen LogP contribution < -0.4 is 4.74 Å². The molecule has 2 saturated carbocycles. The van der Waals surface area contributed by atoms with Crippen LogP contribution in [0.3, 0.4) is 0 Å². The molecule has 2 bridgehead atoms. The molecule has 0 aliphatic heterocycles. The number of aliphatic carboxylic acids is 1. The maximum absolute atomic E-state index is 10.8. The van der Waals surface area contributed by atoms with Gasteiger partial charge in [0.05, 0.1) is 12.2 Å². The predicted octanol–water partition coefficient (Wildman–Crippen LogP) is 6.61. The predicted molar refractivity (Wildman–Crippen MR) is 112 cm³/mol. The lowest BCUT2D eigenvalue weighted by Gasteiger charge is -2.28.